The molecule has 0 aliphatic carbocycles. The van der Waals surface area contributed by atoms with E-state index in [2.05, 4.69) is 51.4 Å². The van der Waals surface area contributed by atoms with Crippen molar-refractivity contribution >= 4 is 17.9 Å². The van der Waals surface area contributed by atoms with Gasteiger partial charge in [-0.1, -0.05) is 43.3 Å². The molecule has 0 spiro atoms. The van der Waals surface area contributed by atoms with E-state index in [4.69, 9.17) is 9.26 Å². The number of hydrogen-bond acceptors (Lipinski definition) is 9. The maximum atomic E-state index is 12.1. The molecule has 0 bridgehead atoms. The highest BCUT2D eigenvalue weighted by molar-refractivity contribution is 5.89. The molecule has 1 fully saturated rings. The zero-order valence-corrected chi connectivity index (χ0v) is 18.4. The predicted molar refractivity (Wildman–Crippen MR) is 117 cm³/mol. The average Bonchev–Trinajstić information content (AvgIpc) is 3.41. The number of rotatable bonds is 7. The number of aromatic nitrogens is 4. The number of nitrogens with zero attached hydrogens (tertiary/aromatic N) is 5. The van der Waals surface area contributed by atoms with E-state index in [1.165, 1.54) is 16.7 Å². The van der Waals surface area contributed by atoms with E-state index in [1.807, 2.05) is 19.1 Å². The monoisotopic (exact) mass is 438 g/mol. The van der Waals surface area contributed by atoms with Gasteiger partial charge in [-0.2, -0.15) is 9.97 Å². The van der Waals surface area contributed by atoms with Gasteiger partial charge in [0.25, 0.3) is 0 Å². The van der Waals surface area contributed by atoms with E-state index < -0.39 is 18.2 Å². The molecule has 10 nitrogen and oxygen atoms in total. The van der Waals surface area contributed by atoms with Crippen LogP contribution >= 0.6 is 0 Å². The SMILES string of the molecule is CC(C)c1ccc(-c2noc([C@H](C)Nc3nccc(N4C(=O)OCC4[C@@H](C)O)n3)n2)cc1. The first-order chi connectivity index (χ1) is 15.3. The Bertz CT molecular complexity index is 1080. The van der Waals surface area contributed by atoms with E-state index in [-0.39, 0.29) is 18.6 Å². The van der Waals surface area contributed by atoms with Gasteiger partial charge in [-0.05, 0) is 31.4 Å². The number of nitrogens with one attached hydrogen (secondary N) is 1. The maximum Gasteiger partial charge on any atom is 0.416 e. The molecule has 3 aromatic rings. The van der Waals surface area contributed by atoms with Crippen molar-refractivity contribution in [3.63, 3.8) is 0 Å². The van der Waals surface area contributed by atoms with Gasteiger partial charge in [-0.3, -0.25) is 4.90 Å². The minimum atomic E-state index is -0.766. The Labute approximate surface area is 185 Å². The lowest BCUT2D eigenvalue weighted by atomic mass is 10.0. The summed E-state index contributed by atoms with van der Waals surface area (Å²) in [7, 11) is 0. The van der Waals surface area contributed by atoms with E-state index in [1.54, 1.807) is 13.0 Å². The summed E-state index contributed by atoms with van der Waals surface area (Å²) in [6, 6.07) is 8.76. The lowest BCUT2D eigenvalue weighted by molar-refractivity contribution is 0.142. The third-order valence-electron chi connectivity index (χ3n) is 5.34. The second-order valence-electron chi connectivity index (χ2n) is 8.09. The molecule has 1 saturated heterocycles. The van der Waals surface area contributed by atoms with Crippen LogP contribution in [0.5, 0.6) is 0 Å². The fourth-order valence-electron chi connectivity index (χ4n) is 3.41. The molecule has 4 rings (SSSR count). The van der Waals surface area contributed by atoms with Crippen LogP contribution in [-0.4, -0.2) is 50.1 Å². The molecule has 1 aromatic carbocycles. The molecule has 1 aliphatic heterocycles. The number of anilines is 2. The first-order valence-corrected chi connectivity index (χ1v) is 10.5. The number of aliphatic hydroxyl groups excluding tert-OH is 1. The van der Waals surface area contributed by atoms with E-state index >= 15 is 0 Å². The van der Waals surface area contributed by atoms with Crippen LogP contribution < -0.4 is 10.2 Å². The Morgan fingerprint density at radius 1 is 1.12 bits per heavy atom. The number of carbonyl (C=O) groups is 1. The number of amides is 1. The number of cyclic esters (lactones) is 1. The lowest BCUT2D eigenvalue weighted by Gasteiger charge is -2.22. The molecule has 3 atom stereocenters. The molecule has 0 saturated carbocycles. The molecule has 1 amide bonds. The van der Waals surface area contributed by atoms with Crippen molar-refractivity contribution in [3.8, 4) is 11.4 Å². The Hall–Kier alpha value is -3.53. The Balaban J connectivity index is 1.48. The van der Waals surface area contributed by atoms with E-state index in [9.17, 15) is 9.90 Å². The van der Waals surface area contributed by atoms with Gasteiger partial charge in [0.2, 0.25) is 17.7 Å². The van der Waals surface area contributed by atoms with Crippen molar-refractivity contribution in [2.75, 3.05) is 16.8 Å². The Morgan fingerprint density at radius 3 is 2.56 bits per heavy atom. The van der Waals surface area contributed by atoms with Gasteiger partial charge in [0, 0.05) is 11.8 Å². The molecule has 2 N–H and O–H groups in total. The van der Waals surface area contributed by atoms with Crippen LogP contribution in [0.4, 0.5) is 16.6 Å². The van der Waals surface area contributed by atoms with Gasteiger partial charge in [0.15, 0.2) is 0 Å². The summed E-state index contributed by atoms with van der Waals surface area (Å²) in [5.74, 6) is 1.94. The van der Waals surface area contributed by atoms with Gasteiger partial charge in [-0.15, -0.1) is 0 Å². The molecule has 0 radical (unpaired) electrons. The summed E-state index contributed by atoms with van der Waals surface area (Å²) in [5.41, 5.74) is 2.11. The summed E-state index contributed by atoms with van der Waals surface area (Å²) in [6.07, 6.45) is 0.203. The maximum absolute atomic E-state index is 12.1. The van der Waals surface area contributed by atoms with Crippen LogP contribution in [0.1, 0.15) is 51.1 Å². The topological polar surface area (TPSA) is 127 Å². The van der Waals surface area contributed by atoms with Crippen LogP contribution in [0.3, 0.4) is 0 Å². The zero-order chi connectivity index (χ0) is 22.8. The smallest absolute Gasteiger partial charge is 0.416 e. The number of hydrogen-bond donors (Lipinski definition) is 2. The van der Waals surface area contributed by atoms with Gasteiger partial charge >= 0.3 is 6.09 Å². The molecular formula is C22H26N6O4. The zero-order valence-electron chi connectivity index (χ0n) is 18.4. The summed E-state index contributed by atoms with van der Waals surface area (Å²) >= 11 is 0. The van der Waals surface area contributed by atoms with Crippen LogP contribution in [0.15, 0.2) is 41.1 Å². The molecule has 1 unspecified atom stereocenters. The fourth-order valence-corrected chi connectivity index (χ4v) is 3.41. The van der Waals surface area contributed by atoms with Crippen LogP contribution in [0, 0.1) is 0 Å². The molecule has 1 aliphatic rings. The predicted octanol–water partition coefficient (Wildman–Crippen LogP) is 3.53. The van der Waals surface area contributed by atoms with Crippen molar-refractivity contribution in [2.45, 2.75) is 51.8 Å². The van der Waals surface area contributed by atoms with E-state index in [0.717, 1.165) is 5.56 Å². The van der Waals surface area contributed by atoms with Crippen molar-refractivity contribution in [1.82, 2.24) is 20.1 Å². The highest BCUT2D eigenvalue weighted by Gasteiger charge is 2.38. The third-order valence-corrected chi connectivity index (χ3v) is 5.34. The molecule has 168 valence electrons. The summed E-state index contributed by atoms with van der Waals surface area (Å²) < 4.78 is 10.5. The van der Waals surface area contributed by atoms with Crippen molar-refractivity contribution < 1.29 is 19.2 Å². The van der Waals surface area contributed by atoms with Gasteiger partial charge in [-0.25, -0.2) is 9.78 Å². The minimum absolute atomic E-state index is 0.0998. The quantitative estimate of drug-likeness (QED) is 0.569. The minimum Gasteiger partial charge on any atom is -0.447 e. The van der Waals surface area contributed by atoms with Crippen LogP contribution in [0.25, 0.3) is 11.4 Å². The number of carbonyl (C=O) groups excluding carboxylic acids is 1. The Morgan fingerprint density at radius 2 is 1.88 bits per heavy atom. The van der Waals surface area contributed by atoms with E-state index in [0.29, 0.717) is 23.5 Å². The van der Waals surface area contributed by atoms with Crippen molar-refractivity contribution in [2.24, 2.45) is 0 Å². The molecular weight excluding hydrogens is 412 g/mol. The van der Waals surface area contributed by atoms with Crippen LogP contribution in [-0.2, 0) is 4.74 Å². The second-order valence-corrected chi connectivity index (χ2v) is 8.09. The largest absolute Gasteiger partial charge is 0.447 e. The lowest BCUT2D eigenvalue weighted by Crippen LogP contribution is -2.41. The highest BCUT2D eigenvalue weighted by atomic mass is 16.6. The van der Waals surface area contributed by atoms with Gasteiger partial charge in [0.05, 0.1) is 6.10 Å². The summed E-state index contributed by atoms with van der Waals surface area (Å²) in [5, 5.41) is 17.1. The van der Waals surface area contributed by atoms with Crippen molar-refractivity contribution in [1.29, 1.82) is 0 Å². The third kappa shape index (κ3) is 4.40. The van der Waals surface area contributed by atoms with Crippen molar-refractivity contribution in [3.05, 3.63) is 48.0 Å². The normalized spacial score (nSPS) is 18.0. The molecule has 2 aromatic heterocycles. The number of benzene rings is 1. The van der Waals surface area contributed by atoms with Gasteiger partial charge in [0.1, 0.15) is 24.5 Å². The molecule has 32 heavy (non-hydrogen) atoms. The van der Waals surface area contributed by atoms with Crippen LogP contribution in [0.2, 0.25) is 0 Å². The first-order valence-electron chi connectivity index (χ1n) is 10.5. The summed E-state index contributed by atoms with van der Waals surface area (Å²) in [4.78, 5) is 26.5. The first kappa shape index (κ1) is 21.7. The molecule has 3 heterocycles. The Kier molecular flexibility index (Phi) is 6.04. The second kappa shape index (κ2) is 8.91. The molecule has 10 heteroatoms. The summed E-state index contributed by atoms with van der Waals surface area (Å²) in [6.45, 7) is 7.83. The highest BCUT2D eigenvalue weighted by Crippen LogP contribution is 2.26. The number of aliphatic hydroxyl groups is 1. The standard InChI is InChI=1S/C22H26N6O4/c1-12(2)15-5-7-16(8-6-15)19-26-20(32-27-19)13(3)24-21-23-10-9-18(25-21)28-17(14(4)29)11-31-22(28)30/h5-10,12-14,17,29H,11H2,1-4H3,(H,23,24,25)/t13-,14+,17?/m0/s1. The number of ether oxygens (including phenoxy) is 1. The fraction of sp³-hybridized carbons (Fsp3) is 0.409. The van der Waals surface area contributed by atoms with Gasteiger partial charge < -0.3 is 19.7 Å². The average molecular weight is 438 g/mol.